The molecular formula is C8H9BrN6O. The zero-order chi connectivity index (χ0) is 11.7. The van der Waals surface area contributed by atoms with Crippen LogP contribution in [0, 0.1) is 0 Å². The van der Waals surface area contributed by atoms with E-state index in [9.17, 15) is 4.79 Å². The zero-order valence-corrected chi connectivity index (χ0v) is 10.0. The first-order chi connectivity index (χ1) is 7.56. The van der Waals surface area contributed by atoms with Gasteiger partial charge in [-0.05, 0) is 27.2 Å². The summed E-state index contributed by atoms with van der Waals surface area (Å²) in [6.07, 6.45) is 1.55. The van der Waals surface area contributed by atoms with E-state index in [0.717, 1.165) is 0 Å². The molecule has 0 aliphatic carbocycles. The van der Waals surface area contributed by atoms with E-state index in [0.29, 0.717) is 16.0 Å². The summed E-state index contributed by atoms with van der Waals surface area (Å²) in [5.41, 5.74) is 5.95. The number of aromatic nitrogens is 5. The molecule has 0 fully saturated rings. The van der Waals surface area contributed by atoms with Crippen molar-refractivity contribution in [3.05, 3.63) is 32.9 Å². The number of halogens is 1. The van der Waals surface area contributed by atoms with Crippen LogP contribution < -0.4 is 11.3 Å². The lowest BCUT2D eigenvalue weighted by atomic mass is 10.4. The fourth-order valence-corrected chi connectivity index (χ4v) is 1.77. The monoisotopic (exact) mass is 284 g/mol. The Morgan fingerprint density at radius 1 is 1.56 bits per heavy atom. The molecule has 0 spiro atoms. The largest absolute Gasteiger partial charge is 0.398 e. The topological polar surface area (TPSA) is 91.6 Å². The summed E-state index contributed by atoms with van der Waals surface area (Å²) in [5, 5.41) is 11.5. The average molecular weight is 285 g/mol. The molecule has 0 aliphatic heterocycles. The van der Waals surface area contributed by atoms with Crippen molar-refractivity contribution in [2.75, 3.05) is 5.73 Å². The Hall–Kier alpha value is -1.70. The van der Waals surface area contributed by atoms with Crippen molar-refractivity contribution in [2.24, 2.45) is 7.05 Å². The first-order valence-corrected chi connectivity index (χ1v) is 5.24. The number of anilines is 1. The van der Waals surface area contributed by atoms with E-state index in [4.69, 9.17) is 5.73 Å². The predicted octanol–water partition coefficient (Wildman–Crippen LogP) is -0.235. The number of rotatable bonds is 2. The van der Waals surface area contributed by atoms with Gasteiger partial charge in [0.05, 0.1) is 18.1 Å². The lowest BCUT2D eigenvalue weighted by Gasteiger charge is -2.04. The highest BCUT2D eigenvalue weighted by Gasteiger charge is 2.06. The number of hydrogen-bond acceptors (Lipinski definition) is 5. The van der Waals surface area contributed by atoms with E-state index in [1.807, 2.05) is 0 Å². The number of pyridine rings is 1. The number of tetrazole rings is 1. The molecule has 0 unspecified atom stereocenters. The normalized spacial score (nSPS) is 10.6. The van der Waals surface area contributed by atoms with Crippen LogP contribution in [0.5, 0.6) is 0 Å². The van der Waals surface area contributed by atoms with E-state index >= 15 is 0 Å². The van der Waals surface area contributed by atoms with E-state index in [1.54, 1.807) is 19.3 Å². The minimum atomic E-state index is -0.179. The summed E-state index contributed by atoms with van der Waals surface area (Å²) in [6.45, 7) is 0.246. The number of nitrogen functional groups attached to an aromatic ring is 1. The van der Waals surface area contributed by atoms with Gasteiger partial charge in [-0.3, -0.25) is 4.79 Å². The van der Waals surface area contributed by atoms with Crippen molar-refractivity contribution in [2.45, 2.75) is 6.54 Å². The summed E-state index contributed by atoms with van der Waals surface area (Å²) < 4.78 is 1.84. The van der Waals surface area contributed by atoms with Crippen LogP contribution in [0.4, 0.5) is 5.69 Å². The third-order valence-corrected chi connectivity index (χ3v) is 2.49. The third-order valence-electron chi connectivity index (χ3n) is 1.92. The summed E-state index contributed by atoms with van der Waals surface area (Å²) in [5.74, 6) is 0.460. The average Bonchev–Trinajstić information content (AvgIpc) is 2.60. The highest BCUT2D eigenvalue weighted by atomic mass is 79.9. The van der Waals surface area contributed by atoms with Crippen LogP contribution in [0.15, 0.2) is 21.5 Å². The number of hydrogen-bond donors (Lipinski definition) is 1. The molecule has 84 valence electrons. The molecular weight excluding hydrogens is 276 g/mol. The van der Waals surface area contributed by atoms with E-state index in [2.05, 4.69) is 31.3 Å². The Morgan fingerprint density at radius 3 is 2.94 bits per heavy atom. The number of nitrogens with zero attached hydrogens (tertiary/aromatic N) is 5. The lowest BCUT2D eigenvalue weighted by Crippen LogP contribution is -2.22. The van der Waals surface area contributed by atoms with Gasteiger partial charge >= 0.3 is 0 Å². The predicted molar refractivity (Wildman–Crippen MR) is 60.7 cm³/mol. The second kappa shape index (κ2) is 4.05. The van der Waals surface area contributed by atoms with Crippen molar-refractivity contribution in [3.8, 4) is 0 Å². The summed E-state index contributed by atoms with van der Waals surface area (Å²) in [7, 11) is 1.66. The maximum absolute atomic E-state index is 11.7. The van der Waals surface area contributed by atoms with Crippen molar-refractivity contribution < 1.29 is 0 Å². The van der Waals surface area contributed by atoms with Crippen LogP contribution in [0.2, 0.25) is 0 Å². The van der Waals surface area contributed by atoms with Crippen LogP contribution in [-0.2, 0) is 13.6 Å². The number of aryl methyl sites for hydroxylation is 1. The fraction of sp³-hybridized carbons (Fsp3) is 0.250. The van der Waals surface area contributed by atoms with Gasteiger partial charge in [-0.1, -0.05) is 0 Å². The molecule has 0 atom stereocenters. The van der Waals surface area contributed by atoms with Crippen molar-refractivity contribution in [3.63, 3.8) is 0 Å². The molecule has 7 nitrogen and oxygen atoms in total. The minimum Gasteiger partial charge on any atom is -0.398 e. The number of nitrogens with two attached hydrogens (primary N) is 1. The Balaban J connectivity index is 2.38. The SMILES string of the molecule is Cn1nnc(Cn2cc(N)cc(Br)c2=O)n1. The molecule has 0 amide bonds. The Kier molecular flexibility index (Phi) is 2.73. The molecule has 16 heavy (non-hydrogen) atoms. The molecule has 2 rings (SSSR count). The Bertz CT molecular complexity index is 574. The lowest BCUT2D eigenvalue weighted by molar-refractivity contribution is 0.624. The summed E-state index contributed by atoms with van der Waals surface area (Å²) >= 11 is 3.14. The molecule has 0 bridgehead atoms. The van der Waals surface area contributed by atoms with Crippen LogP contribution in [0.25, 0.3) is 0 Å². The van der Waals surface area contributed by atoms with Gasteiger partial charge in [-0.15, -0.1) is 10.2 Å². The standard InChI is InChI=1S/C8H9BrN6O/c1-14-12-7(11-13-14)4-15-3-5(10)2-6(9)8(15)16/h2-3H,4,10H2,1H3. The van der Waals surface area contributed by atoms with E-state index < -0.39 is 0 Å². The molecule has 2 N–H and O–H groups in total. The second-order valence-electron chi connectivity index (χ2n) is 3.25. The van der Waals surface area contributed by atoms with E-state index in [1.165, 1.54) is 9.36 Å². The molecule has 0 aliphatic rings. The molecule has 8 heteroatoms. The van der Waals surface area contributed by atoms with Gasteiger partial charge < -0.3 is 10.3 Å². The van der Waals surface area contributed by atoms with Gasteiger partial charge in [-0.2, -0.15) is 4.80 Å². The molecule has 2 aromatic heterocycles. The fourth-order valence-electron chi connectivity index (χ4n) is 1.28. The molecule has 2 heterocycles. The van der Waals surface area contributed by atoms with Crippen molar-refractivity contribution >= 4 is 21.6 Å². The van der Waals surface area contributed by atoms with Gasteiger partial charge in [0.25, 0.3) is 5.56 Å². The Labute approximate surface area is 99.0 Å². The van der Waals surface area contributed by atoms with Crippen LogP contribution in [0.3, 0.4) is 0 Å². The Morgan fingerprint density at radius 2 is 2.31 bits per heavy atom. The smallest absolute Gasteiger partial charge is 0.265 e. The summed E-state index contributed by atoms with van der Waals surface area (Å²) in [6, 6.07) is 1.56. The van der Waals surface area contributed by atoms with Gasteiger partial charge in [-0.25, -0.2) is 0 Å². The molecule has 0 radical (unpaired) electrons. The van der Waals surface area contributed by atoms with Crippen LogP contribution in [-0.4, -0.2) is 24.8 Å². The highest BCUT2D eigenvalue weighted by molar-refractivity contribution is 9.10. The zero-order valence-electron chi connectivity index (χ0n) is 8.46. The van der Waals surface area contributed by atoms with Gasteiger partial charge in [0.1, 0.15) is 0 Å². The van der Waals surface area contributed by atoms with Crippen molar-refractivity contribution in [1.29, 1.82) is 0 Å². The molecule has 2 aromatic rings. The second-order valence-corrected chi connectivity index (χ2v) is 4.10. The van der Waals surface area contributed by atoms with Gasteiger partial charge in [0.15, 0.2) is 5.82 Å². The maximum Gasteiger partial charge on any atom is 0.265 e. The first kappa shape index (κ1) is 10.8. The quantitative estimate of drug-likeness (QED) is 0.822. The first-order valence-electron chi connectivity index (χ1n) is 4.44. The van der Waals surface area contributed by atoms with E-state index in [-0.39, 0.29) is 12.1 Å². The molecule has 0 saturated carbocycles. The summed E-state index contributed by atoms with van der Waals surface area (Å²) in [4.78, 5) is 13.0. The maximum atomic E-state index is 11.7. The van der Waals surface area contributed by atoms with Gasteiger partial charge in [0, 0.05) is 11.9 Å². The molecule has 0 aromatic carbocycles. The molecule has 0 saturated heterocycles. The van der Waals surface area contributed by atoms with Gasteiger partial charge in [0.2, 0.25) is 0 Å². The van der Waals surface area contributed by atoms with Crippen LogP contribution >= 0.6 is 15.9 Å². The highest BCUT2D eigenvalue weighted by Crippen LogP contribution is 2.08. The van der Waals surface area contributed by atoms with Crippen LogP contribution in [0.1, 0.15) is 5.82 Å². The van der Waals surface area contributed by atoms with Crippen molar-refractivity contribution in [1.82, 2.24) is 24.8 Å². The third kappa shape index (κ3) is 2.11. The minimum absolute atomic E-state index is 0.179.